The molecule has 2 saturated heterocycles. The topological polar surface area (TPSA) is 115 Å². The number of carbonyl (C=O) groups excluding carboxylic acids is 2. The Labute approximate surface area is 147 Å². The van der Waals surface area contributed by atoms with E-state index in [0.29, 0.717) is 19.5 Å². The van der Waals surface area contributed by atoms with Gasteiger partial charge in [0, 0.05) is 12.6 Å². The van der Waals surface area contributed by atoms with Crippen molar-refractivity contribution in [3.8, 4) is 0 Å². The molecule has 0 bridgehead atoms. The zero-order chi connectivity index (χ0) is 17.4. The monoisotopic (exact) mass is 359 g/mol. The smallest absolute Gasteiger partial charge is 0.248 e. The Bertz CT molecular complexity index is 426. The van der Waals surface area contributed by atoms with Crippen molar-refractivity contribution in [3.63, 3.8) is 0 Å². The summed E-state index contributed by atoms with van der Waals surface area (Å²) in [6.07, 6.45) is 4.17. The van der Waals surface area contributed by atoms with Gasteiger partial charge in [-0.2, -0.15) is 11.8 Å². The van der Waals surface area contributed by atoms with Crippen molar-refractivity contribution in [1.29, 1.82) is 0 Å². The Hall–Kier alpha value is -0.870. The molecule has 9 heteroatoms. The second-order valence-corrected chi connectivity index (χ2v) is 7.22. The van der Waals surface area contributed by atoms with E-state index in [2.05, 4.69) is 26.8 Å². The van der Waals surface area contributed by atoms with E-state index in [-0.39, 0.29) is 29.9 Å². The highest BCUT2D eigenvalue weighted by molar-refractivity contribution is 7.98. The van der Waals surface area contributed by atoms with Crippen LogP contribution in [0.2, 0.25) is 0 Å². The molecule has 0 aromatic rings. The van der Waals surface area contributed by atoms with E-state index in [4.69, 9.17) is 0 Å². The Morgan fingerprint density at radius 2 is 2.29 bits per heavy atom. The Morgan fingerprint density at radius 1 is 1.46 bits per heavy atom. The van der Waals surface area contributed by atoms with Crippen molar-refractivity contribution < 1.29 is 14.7 Å². The highest BCUT2D eigenvalue weighted by atomic mass is 32.2. The molecule has 2 fully saturated rings. The van der Waals surface area contributed by atoms with Gasteiger partial charge in [-0.15, -0.1) is 0 Å². The third-order valence-corrected chi connectivity index (χ3v) is 5.11. The Balaban J connectivity index is 1.62. The minimum Gasteiger partial charge on any atom is -0.383 e. The second-order valence-electron chi connectivity index (χ2n) is 6.24. The molecule has 2 rings (SSSR count). The highest BCUT2D eigenvalue weighted by Crippen LogP contribution is 2.20. The molecule has 2 aliphatic heterocycles. The van der Waals surface area contributed by atoms with Crippen LogP contribution in [0.4, 0.5) is 0 Å². The number of hydrogen-bond acceptors (Lipinski definition) is 7. The molecular formula is C15H29N5O3S. The number of nitrogens with one attached hydrogen (secondary N) is 5. The number of amides is 2. The lowest BCUT2D eigenvalue weighted by molar-refractivity contribution is -0.132. The minimum atomic E-state index is -0.923. The van der Waals surface area contributed by atoms with Gasteiger partial charge in [-0.25, -0.2) is 5.43 Å². The molecule has 4 unspecified atom stereocenters. The molecule has 0 radical (unpaired) electrons. The van der Waals surface area contributed by atoms with Gasteiger partial charge in [0.15, 0.2) is 0 Å². The van der Waals surface area contributed by atoms with Crippen molar-refractivity contribution in [1.82, 2.24) is 26.8 Å². The van der Waals surface area contributed by atoms with Crippen molar-refractivity contribution >= 4 is 23.6 Å². The maximum absolute atomic E-state index is 11.9. The normalized spacial score (nSPS) is 27.9. The van der Waals surface area contributed by atoms with Crippen molar-refractivity contribution in [2.24, 2.45) is 5.92 Å². The minimum absolute atomic E-state index is 0.00350. The first-order chi connectivity index (χ1) is 11.6. The van der Waals surface area contributed by atoms with Gasteiger partial charge >= 0.3 is 0 Å². The van der Waals surface area contributed by atoms with E-state index < -0.39 is 6.10 Å². The van der Waals surface area contributed by atoms with E-state index in [1.807, 2.05) is 6.26 Å². The molecule has 24 heavy (non-hydrogen) atoms. The summed E-state index contributed by atoms with van der Waals surface area (Å²) >= 11 is 1.61. The number of aliphatic hydroxyl groups excluding tert-OH is 1. The fourth-order valence-corrected chi connectivity index (χ4v) is 3.56. The lowest BCUT2D eigenvalue weighted by atomic mass is 9.87. The van der Waals surface area contributed by atoms with Crippen molar-refractivity contribution in [3.05, 3.63) is 0 Å². The third-order valence-electron chi connectivity index (χ3n) is 4.47. The number of fused-ring (bicyclic) bond motifs is 1. The van der Waals surface area contributed by atoms with E-state index in [0.717, 1.165) is 31.6 Å². The molecule has 2 amide bonds. The van der Waals surface area contributed by atoms with Crippen LogP contribution in [0, 0.1) is 5.92 Å². The van der Waals surface area contributed by atoms with E-state index in [1.165, 1.54) is 0 Å². The fourth-order valence-electron chi connectivity index (χ4n) is 3.10. The van der Waals surface area contributed by atoms with Gasteiger partial charge in [0.25, 0.3) is 0 Å². The molecule has 2 aliphatic rings. The Morgan fingerprint density at radius 3 is 3.08 bits per heavy atom. The predicted molar refractivity (Wildman–Crippen MR) is 94.2 cm³/mol. The van der Waals surface area contributed by atoms with Gasteiger partial charge in [0.2, 0.25) is 11.8 Å². The summed E-state index contributed by atoms with van der Waals surface area (Å²) in [4.78, 5) is 23.5. The molecule has 0 spiro atoms. The number of hydrazine groups is 1. The van der Waals surface area contributed by atoms with E-state index in [1.54, 1.807) is 11.8 Å². The van der Waals surface area contributed by atoms with Crippen LogP contribution in [0.25, 0.3) is 0 Å². The molecule has 6 N–H and O–H groups in total. The van der Waals surface area contributed by atoms with Gasteiger partial charge in [-0.1, -0.05) is 0 Å². The Kier molecular flexibility index (Phi) is 8.26. The molecule has 0 aromatic heterocycles. The first kappa shape index (κ1) is 19.5. The van der Waals surface area contributed by atoms with Gasteiger partial charge < -0.3 is 15.7 Å². The molecule has 2 heterocycles. The van der Waals surface area contributed by atoms with Crippen LogP contribution in [-0.4, -0.2) is 66.9 Å². The average Bonchev–Trinajstić information content (AvgIpc) is 2.61. The zero-order valence-corrected chi connectivity index (χ0v) is 15.0. The summed E-state index contributed by atoms with van der Waals surface area (Å²) in [5, 5.41) is 19.2. The number of rotatable bonds is 9. The lowest BCUT2D eigenvalue weighted by Crippen LogP contribution is -2.71. The summed E-state index contributed by atoms with van der Waals surface area (Å²) in [5.41, 5.74) is 5.74. The van der Waals surface area contributed by atoms with Crippen LogP contribution < -0.4 is 26.8 Å². The van der Waals surface area contributed by atoms with Crippen LogP contribution in [0.5, 0.6) is 0 Å². The van der Waals surface area contributed by atoms with E-state index in [9.17, 15) is 14.7 Å². The van der Waals surface area contributed by atoms with Crippen molar-refractivity contribution in [2.75, 3.05) is 31.6 Å². The molecular weight excluding hydrogens is 330 g/mol. The van der Waals surface area contributed by atoms with Gasteiger partial charge in [-0.05, 0) is 50.8 Å². The third kappa shape index (κ3) is 5.59. The van der Waals surface area contributed by atoms with Crippen LogP contribution in [0.15, 0.2) is 0 Å². The summed E-state index contributed by atoms with van der Waals surface area (Å²) in [6.45, 7) is 2.15. The van der Waals surface area contributed by atoms with Crippen molar-refractivity contribution in [2.45, 2.75) is 44.0 Å². The average molecular weight is 359 g/mol. The maximum atomic E-state index is 11.9. The van der Waals surface area contributed by atoms with E-state index >= 15 is 0 Å². The molecule has 8 nitrogen and oxygen atoms in total. The van der Waals surface area contributed by atoms with Crippen LogP contribution in [0.3, 0.4) is 0 Å². The largest absolute Gasteiger partial charge is 0.383 e. The quantitative estimate of drug-likeness (QED) is 0.278. The predicted octanol–water partition coefficient (Wildman–Crippen LogP) is -1.47. The number of carbonyl (C=O) groups is 2. The van der Waals surface area contributed by atoms with Gasteiger partial charge in [-0.3, -0.25) is 20.3 Å². The fraction of sp³-hybridized carbons (Fsp3) is 0.867. The summed E-state index contributed by atoms with van der Waals surface area (Å²) in [6, 6.07) is 0.0930. The van der Waals surface area contributed by atoms with Gasteiger partial charge in [0.05, 0.1) is 12.1 Å². The molecule has 0 saturated carbocycles. The van der Waals surface area contributed by atoms with Crippen LogP contribution >= 0.6 is 11.8 Å². The van der Waals surface area contributed by atoms with Crippen LogP contribution in [-0.2, 0) is 9.59 Å². The number of hydrogen-bond donors (Lipinski definition) is 6. The summed E-state index contributed by atoms with van der Waals surface area (Å²) < 4.78 is 0. The van der Waals surface area contributed by atoms with Gasteiger partial charge in [0.1, 0.15) is 6.10 Å². The first-order valence-electron chi connectivity index (χ1n) is 8.60. The lowest BCUT2D eigenvalue weighted by Gasteiger charge is -2.42. The number of aliphatic hydroxyl groups is 1. The summed E-state index contributed by atoms with van der Waals surface area (Å²) in [5.74, 6) is 0.520. The standard InChI is InChI=1S/C15H29N5O3S/c1-24-9-5-11(21)15(23)18-8-3-7-17-13-12-10(4-2-6-16-12)14(22)20-19-13/h10-13,16-17,19,21H,2-9H2,1H3,(H,18,23)(H,20,22). The summed E-state index contributed by atoms with van der Waals surface area (Å²) in [7, 11) is 0. The molecule has 4 atom stereocenters. The first-order valence-corrected chi connectivity index (χ1v) is 9.99. The van der Waals surface area contributed by atoms with Crippen LogP contribution in [0.1, 0.15) is 25.7 Å². The SMILES string of the molecule is CSCCC(O)C(=O)NCCCNC1NNC(=O)C2CCCNC12. The zero-order valence-electron chi connectivity index (χ0n) is 14.1. The number of piperidine rings is 1. The molecule has 0 aromatic carbocycles. The second kappa shape index (κ2) is 10.2. The number of thioether (sulfide) groups is 1. The molecule has 0 aliphatic carbocycles. The maximum Gasteiger partial charge on any atom is 0.248 e. The molecule has 138 valence electrons. The highest BCUT2D eigenvalue weighted by Gasteiger charge is 2.39.